The molecule has 0 aliphatic rings. The lowest BCUT2D eigenvalue weighted by atomic mass is 10.2. The van der Waals surface area contributed by atoms with Crippen molar-refractivity contribution in [1.29, 1.82) is 0 Å². The molecule has 0 spiro atoms. The maximum absolute atomic E-state index is 5.20. The third-order valence-corrected chi connectivity index (χ3v) is 4.49. The number of benzene rings is 1. The number of methoxy groups -OCH3 is 2. The van der Waals surface area contributed by atoms with Crippen molar-refractivity contribution in [3.05, 3.63) is 41.3 Å². The monoisotopic (exact) mass is 347 g/mol. The maximum atomic E-state index is 5.20. The first-order chi connectivity index (χ1) is 11.8. The number of hydrogen-bond acceptors (Lipinski definition) is 4. The van der Waals surface area contributed by atoms with Gasteiger partial charge >= 0.3 is 0 Å². The predicted octanol–water partition coefficient (Wildman–Crippen LogP) is 3.13. The minimum Gasteiger partial charge on any atom is -0.497 e. The molecule has 6 heteroatoms. The highest BCUT2D eigenvalue weighted by molar-refractivity contribution is 7.15. The van der Waals surface area contributed by atoms with Crippen molar-refractivity contribution in [2.24, 2.45) is 4.99 Å². The summed E-state index contributed by atoms with van der Waals surface area (Å²) in [6, 6.07) is 12.4. The van der Waals surface area contributed by atoms with Crippen LogP contribution in [-0.4, -0.2) is 39.9 Å². The Labute approximate surface area is 147 Å². The van der Waals surface area contributed by atoms with E-state index in [0.29, 0.717) is 13.2 Å². The minimum absolute atomic E-state index is 0.656. The third kappa shape index (κ3) is 5.54. The van der Waals surface area contributed by atoms with Gasteiger partial charge in [-0.2, -0.15) is 0 Å². The summed E-state index contributed by atoms with van der Waals surface area (Å²) in [5, 5.41) is 6.48. The summed E-state index contributed by atoms with van der Waals surface area (Å²) in [5.74, 6) is 1.69. The van der Waals surface area contributed by atoms with E-state index in [1.54, 1.807) is 25.6 Å². The molecule has 0 atom stereocenters. The molecule has 130 valence electrons. The number of rotatable bonds is 8. The van der Waals surface area contributed by atoms with Crippen molar-refractivity contribution in [1.82, 2.24) is 10.6 Å². The first kappa shape index (κ1) is 18.3. The van der Waals surface area contributed by atoms with Gasteiger partial charge in [-0.05, 0) is 48.9 Å². The predicted molar refractivity (Wildman–Crippen MR) is 101 cm³/mol. The van der Waals surface area contributed by atoms with Gasteiger partial charge in [-0.3, -0.25) is 0 Å². The Morgan fingerprint density at radius 3 is 2.54 bits per heavy atom. The molecule has 1 aromatic carbocycles. The topological polar surface area (TPSA) is 54.9 Å². The second-order valence-electron chi connectivity index (χ2n) is 5.11. The number of ether oxygens (including phenoxy) is 2. The van der Waals surface area contributed by atoms with Gasteiger partial charge in [0.25, 0.3) is 0 Å². The first-order valence-electron chi connectivity index (χ1n) is 8.01. The summed E-state index contributed by atoms with van der Waals surface area (Å²) in [4.78, 5) is 7.08. The van der Waals surface area contributed by atoms with Crippen LogP contribution >= 0.6 is 11.3 Å². The van der Waals surface area contributed by atoms with E-state index >= 15 is 0 Å². The molecule has 5 nitrogen and oxygen atoms in total. The van der Waals surface area contributed by atoms with Crippen LogP contribution in [-0.2, 0) is 11.3 Å². The quantitative estimate of drug-likeness (QED) is 0.438. The molecule has 2 aromatic rings. The second kappa shape index (κ2) is 9.95. The van der Waals surface area contributed by atoms with Gasteiger partial charge in [0.2, 0.25) is 0 Å². The van der Waals surface area contributed by atoms with Gasteiger partial charge in [0, 0.05) is 30.0 Å². The van der Waals surface area contributed by atoms with E-state index in [-0.39, 0.29) is 0 Å². The van der Waals surface area contributed by atoms with Gasteiger partial charge in [-0.1, -0.05) is 0 Å². The molecule has 1 aromatic heterocycles. The van der Waals surface area contributed by atoms with Crippen molar-refractivity contribution >= 4 is 17.3 Å². The lowest BCUT2D eigenvalue weighted by molar-refractivity contribution is 0.203. The van der Waals surface area contributed by atoms with Crippen LogP contribution in [0.5, 0.6) is 5.75 Å². The summed E-state index contributed by atoms with van der Waals surface area (Å²) in [6.45, 7) is 4.94. The van der Waals surface area contributed by atoms with E-state index in [1.807, 2.05) is 12.1 Å². The van der Waals surface area contributed by atoms with Crippen molar-refractivity contribution in [3.8, 4) is 16.2 Å². The third-order valence-electron chi connectivity index (χ3n) is 3.37. The second-order valence-corrected chi connectivity index (χ2v) is 6.28. The van der Waals surface area contributed by atoms with Crippen molar-refractivity contribution in [2.45, 2.75) is 13.5 Å². The zero-order chi connectivity index (χ0) is 17.2. The first-order valence-corrected chi connectivity index (χ1v) is 8.82. The number of guanidine groups is 1. The van der Waals surface area contributed by atoms with E-state index in [1.165, 1.54) is 15.3 Å². The minimum atomic E-state index is 0.656. The Hall–Kier alpha value is -2.05. The van der Waals surface area contributed by atoms with Gasteiger partial charge in [0.15, 0.2) is 5.96 Å². The van der Waals surface area contributed by atoms with E-state index in [0.717, 1.165) is 24.8 Å². The number of aliphatic imine (C=N–C) groups is 1. The van der Waals surface area contributed by atoms with E-state index in [4.69, 9.17) is 9.47 Å². The van der Waals surface area contributed by atoms with Gasteiger partial charge in [-0.15, -0.1) is 11.3 Å². The average molecular weight is 347 g/mol. The van der Waals surface area contributed by atoms with Gasteiger partial charge in [0.1, 0.15) is 5.75 Å². The highest BCUT2D eigenvalue weighted by Gasteiger charge is 2.04. The van der Waals surface area contributed by atoms with Crippen LogP contribution in [0.15, 0.2) is 41.4 Å². The zero-order valence-corrected chi connectivity index (χ0v) is 15.3. The van der Waals surface area contributed by atoms with Gasteiger partial charge in [0.05, 0.1) is 20.3 Å². The van der Waals surface area contributed by atoms with Crippen LogP contribution in [0.25, 0.3) is 10.4 Å². The molecule has 24 heavy (non-hydrogen) atoms. The van der Waals surface area contributed by atoms with Gasteiger partial charge in [-0.25, -0.2) is 4.99 Å². The van der Waals surface area contributed by atoms with E-state index < -0.39 is 0 Å². The number of nitrogens with zero attached hydrogens (tertiary/aromatic N) is 1. The van der Waals surface area contributed by atoms with Crippen molar-refractivity contribution in [2.75, 3.05) is 33.9 Å². The van der Waals surface area contributed by atoms with Crippen LogP contribution in [0, 0.1) is 0 Å². The lowest BCUT2D eigenvalue weighted by Gasteiger charge is -2.10. The Balaban J connectivity index is 1.99. The van der Waals surface area contributed by atoms with Crippen LogP contribution in [0.4, 0.5) is 0 Å². The number of hydrogen-bond donors (Lipinski definition) is 2. The largest absolute Gasteiger partial charge is 0.497 e. The number of nitrogens with one attached hydrogen (secondary N) is 2. The summed E-state index contributed by atoms with van der Waals surface area (Å²) < 4.78 is 10.3. The Morgan fingerprint density at radius 2 is 1.88 bits per heavy atom. The smallest absolute Gasteiger partial charge is 0.191 e. The fraction of sp³-hybridized carbons (Fsp3) is 0.389. The number of thiophene rings is 1. The molecule has 0 radical (unpaired) electrons. The van der Waals surface area contributed by atoms with Gasteiger partial charge < -0.3 is 20.1 Å². The molecular weight excluding hydrogens is 322 g/mol. The summed E-state index contributed by atoms with van der Waals surface area (Å²) in [5.41, 5.74) is 1.20. The molecule has 0 unspecified atom stereocenters. The molecular formula is C18H25N3O2S. The standard InChI is InChI=1S/C18H25N3O2S/c1-4-19-18(20-11-12-22-2)21-13-16-9-10-17(24-16)14-5-7-15(23-3)8-6-14/h5-10H,4,11-13H2,1-3H3,(H2,19,20,21). The molecule has 0 amide bonds. The van der Waals surface area contributed by atoms with E-state index in [9.17, 15) is 0 Å². The molecule has 2 rings (SSSR count). The Morgan fingerprint density at radius 1 is 1.08 bits per heavy atom. The summed E-state index contributed by atoms with van der Waals surface area (Å²) in [6.07, 6.45) is 0. The van der Waals surface area contributed by atoms with Crippen molar-refractivity contribution in [3.63, 3.8) is 0 Å². The molecule has 0 saturated carbocycles. The SMILES string of the molecule is CCNC(=NCc1ccc(-c2ccc(OC)cc2)s1)NCCOC. The maximum Gasteiger partial charge on any atom is 0.191 e. The highest BCUT2D eigenvalue weighted by Crippen LogP contribution is 2.29. The molecule has 0 saturated heterocycles. The van der Waals surface area contributed by atoms with Crippen molar-refractivity contribution < 1.29 is 9.47 Å². The molecule has 0 aliphatic heterocycles. The zero-order valence-electron chi connectivity index (χ0n) is 14.5. The van der Waals surface area contributed by atoms with Crippen LogP contribution in [0.2, 0.25) is 0 Å². The summed E-state index contributed by atoms with van der Waals surface area (Å²) >= 11 is 1.76. The lowest BCUT2D eigenvalue weighted by Crippen LogP contribution is -2.38. The normalized spacial score (nSPS) is 11.4. The molecule has 2 N–H and O–H groups in total. The van der Waals surface area contributed by atoms with E-state index in [2.05, 4.69) is 46.8 Å². The Kier molecular flexibility index (Phi) is 7.58. The molecule has 0 aliphatic carbocycles. The van der Waals surface area contributed by atoms with Crippen LogP contribution in [0.1, 0.15) is 11.8 Å². The summed E-state index contributed by atoms with van der Waals surface area (Å²) in [7, 11) is 3.37. The van der Waals surface area contributed by atoms with Crippen LogP contribution < -0.4 is 15.4 Å². The van der Waals surface area contributed by atoms with Crippen LogP contribution in [0.3, 0.4) is 0 Å². The molecule has 0 fully saturated rings. The molecule has 1 heterocycles. The fourth-order valence-corrected chi connectivity index (χ4v) is 3.08. The Bertz CT molecular complexity index is 638. The average Bonchev–Trinajstić information content (AvgIpc) is 3.09. The molecule has 0 bridgehead atoms. The highest BCUT2D eigenvalue weighted by atomic mass is 32.1. The fourth-order valence-electron chi connectivity index (χ4n) is 2.14.